The van der Waals surface area contributed by atoms with Gasteiger partial charge in [0, 0.05) is 24.7 Å². The van der Waals surface area contributed by atoms with Gasteiger partial charge in [0.05, 0.1) is 12.7 Å². The van der Waals surface area contributed by atoms with E-state index in [0.717, 1.165) is 22.3 Å². The van der Waals surface area contributed by atoms with Crippen LogP contribution in [0.15, 0.2) is 30.5 Å². The Morgan fingerprint density at radius 2 is 2.11 bits per heavy atom. The molecule has 18 heavy (non-hydrogen) atoms. The predicted octanol–water partition coefficient (Wildman–Crippen LogP) is 1.81. The second-order valence-electron chi connectivity index (χ2n) is 5.07. The van der Waals surface area contributed by atoms with Crippen molar-refractivity contribution in [3.8, 4) is 5.75 Å². The first-order valence-corrected chi connectivity index (χ1v) is 5.99. The van der Waals surface area contributed by atoms with E-state index in [4.69, 9.17) is 4.74 Å². The van der Waals surface area contributed by atoms with Crippen LogP contribution in [0.1, 0.15) is 6.92 Å². The summed E-state index contributed by atoms with van der Waals surface area (Å²) < 4.78 is 5.22. The third-order valence-corrected chi connectivity index (χ3v) is 3.31. The molecule has 0 saturated carbocycles. The number of pyridine rings is 1. The molecule has 0 aliphatic carbocycles. The molecule has 1 N–H and O–H groups in total. The Kier molecular flexibility index (Phi) is 2.41. The average molecular weight is 244 g/mol. The number of fused-ring (bicyclic) bond motifs is 1. The fraction of sp³-hybridized carbons (Fsp3) is 0.357. The lowest BCUT2D eigenvalue weighted by atomic mass is 9.96. The lowest BCUT2D eigenvalue weighted by Crippen LogP contribution is -2.60. The minimum absolute atomic E-state index is 0.587. The van der Waals surface area contributed by atoms with Gasteiger partial charge < -0.3 is 14.7 Å². The van der Waals surface area contributed by atoms with E-state index in [9.17, 15) is 5.11 Å². The molecular formula is C14H16N2O2. The first kappa shape index (κ1) is 11.3. The Balaban J connectivity index is 2.03. The van der Waals surface area contributed by atoms with Gasteiger partial charge in [0.15, 0.2) is 0 Å². The van der Waals surface area contributed by atoms with Crippen molar-refractivity contribution in [1.29, 1.82) is 0 Å². The maximum absolute atomic E-state index is 9.81. The number of β-amino-alcohol motifs (C(OH)–C–C–N with tert-alkyl or cyclic N) is 1. The summed E-state index contributed by atoms with van der Waals surface area (Å²) in [6, 6.07) is 7.92. The van der Waals surface area contributed by atoms with Crippen LogP contribution in [0.3, 0.4) is 0 Å². The molecule has 4 nitrogen and oxygen atoms in total. The van der Waals surface area contributed by atoms with Crippen LogP contribution in [0.2, 0.25) is 0 Å². The molecule has 4 heteroatoms. The minimum Gasteiger partial charge on any atom is -0.497 e. The molecule has 3 rings (SSSR count). The van der Waals surface area contributed by atoms with Crippen LogP contribution in [-0.4, -0.2) is 35.9 Å². The SMILES string of the molecule is COc1ccc2c(N3CC(C)(O)C3)nccc2c1. The van der Waals surface area contributed by atoms with E-state index < -0.39 is 5.60 Å². The van der Waals surface area contributed by atoms with Gasteiger partial charge in [-0.15, -0.1) is 0 Å². The molecule has 94 valence electrons. The van der Waals surface area contributed by atoms with Crippen LogP contribution in [0.5, 0.6) is 5.75 Å². The van der Waals surface area contributed by atoms with Crippen LogP contribution in [0.25, 0.3) is 10.8 Å². The Bertz CT molecular complexity index is 587. The van der Waals surface area contributed by atoms with Gasteiger partial charge in [-0.3, -0.25) is 0 Å². The van der Waals surface area contributed by atoms with Crippen molar-refractivity contribution < 1.29 is 9.84 Å². The number of aliphatic hydroxyl groups is 1. The van der Waals surface area contributed by atoms with E-state index in [1.54, 1.807) is 13.3 Å². The number of hydrogen-bond donors (Lipinski definition) is 1. The average Bonchev–Trinajstić information content (AvgIpc) is 2.34. The zero-order valence-corrected chi connectivity index (χ0v) is 10.6. The van der Waals surface area contributed by atoms with Gasteiger partial charge in [0.2, 0.25) is 0 Å². The monoisotopic (exact) mass is 244 g/mol. The second kappa shape index (κ2) is 3.85. The summed E-state index contributed by atoms with van der Waals surface area (Å²) >= 11 is 0. The van der Waals surface area contributed by atoms with Crippen molar-refractivity contribution in [2.24, 2.45) is 0 Å². The molecule has 1 fully saturated rings. The van der Waals surface area contributed by atoms with Crippen LogP contribution in [0.4, 0.5) is 5.82 Å². The largest absolute Gasteiger partial charge is 0.497 e. The Labute approximate surface area is 106 Å². The molecule has 1 saturated heterocycles. The summed E-state index contributed by atoms with van der Waals surface area (Å²) in [7, 11) is 1.66. The molecule has 0 radical (unpaired) electrons. The van der Waals surface area contributed by atoms with Crippen molar-refractivity contribution in [1.82, 2.24) is 4.98 Å². The molecule has 0 amide bonds. The maximum Gasteiger partial charge on any atom is 0.136 e. The molecule has 1 aliphatic rings. The lowest BCUT2D eigenvalue weighted by Gasteiger charge is -2.45. The first-order chi connectivity index (χ1) is 8.59. The smallest absolute Gasteiger partial charge is 0.136 e. The van der Waals surface area contributed by atoms with Crippen LogP contribution < -0.4 is 9.64 Å². The van der Waals surface area contributed by atoms with Gasteiger partial charge in [-0.25, -0.2) is 4.98 Å². The minimum atomic E-state index is -0.587. The fourth-order valence-electron chi connectivity index (χ4n) is 2.44. The van der Waals surface area contributed by atoms with Crippen LogP contribution in [0, 0.1) is 0 Å². The molecule has 2 aromatic rings. The van der Waals surface area contributed by atoms with E-state index in [0.29, 0.717) is 13.1 Å². The van der Waals surface area contributed by atoms with Crippen LogP contribution >= 0.6 is 0 Å². The third kappa shape index (κ3) is 1.78. The standard InChI is InChI=1S/C14H16N2O2/c1-14(17)8-16(9-14)13-12-4-3-11(18-2)7-10(12)5-6-15-13/h3-7,17H,8-9H2,1-2H3. The maximum atomic E-state index is 9.81. The number of ether oxygens (including phenoxy) is 1. The zero-order valence-electron chi connectivity index (χ0n) is 10.6. The van der Waals surface area contributed by atoms with Gasteiger partial charge in [-0.05, 0) is 36.6 Å². The summed E-state index contributed by atoms with van der Waals surface area (Å²) in [6.45, 7) is 3.11. The predicted molar refractivity (Wildman–Crippen MR) is 71.1 cm³/mol. The Hall–Kier alpha value is -1.81. The number of rotatable bonds is 2. The Morgan fingerprint density at radius 3 is 2.78 bits per heavy atom. The molecule has 1 aromatic heterocycles. The normalized spacial score (nSPS) is 17.6. The summed E-state index contributed by atoms with van der Waals surface area (Å²) in [5, 5.41) is 12.0. The molecule has 0 atom stereocenters. The van der Waals surface area contributed by atoms with Gasteiger partial charge in [-0.1, -0.05) is 0 Å². The van der Waals surface area contributed by atoms with E-state index in [-0.39, 0.29) is 0 Å². The lowest BCUT2D eigenvalue weighted by molar-refractivity contribution is 0.0307. The highest BCUT2D eigenvalue weighted by Gasteiger charge is 2.37. The molecule has 1 aliphatic heterocycles. The first-order valence-electron chi connectivity index (χ1n) is 5.99. The van der Waals surface area contributed by atoms with E-state index in [1.165, 1.54) is 0 Å². The van der Waals surface area contributed by atoms with Crippen molar-refractivity contribution in [3.05, 3.63) is 30.5 Å². The quantitative estimate of drug-likeness (QED) is 0.875. The van der Waals surface area contributed by atoms with Gasteiger partial charge in [0.1, 0.15) is 11.6 Å². The molecule has 1 aromatic carbocycles. The number of nitrogens with zero attached hydrogens (tertiary/aromatic N) is 2. The summed E-state index contributed by atoms with van der Waals surface area (Å²) in [5.41, 5.74) is -0.587. The van der Waals surface area contributed by atoms with Crippen molar-refractivity contribution in [3.63, 3.8) is 0 Å². The van der Waals surface area contributed by atoms with E-state index >= 15 is 0 Å². The van der Waals surface area contributed by atoms with E-state index in [2.05, 4.69) is 9.88 Å². The molecule has 2 heterocycles. The summed E-state index contributed by atoms with van der Waals surface area (Å²) in [6.07, 6.45) is 1.80. The second-order valence-corrected chi connectivity index (χ2v) is 5.07. The van der Waals surface area contributed by atoms with Crippen LogP contribution in [-0.2, 0) is 0 Å². The summed E-state index contributed by atoms with van der Waals surface area (Å²) in [5.74, 6) is 1.77. The van der Waals surface area contributed by atoms with Gasteiger partial charge in [-0.2, -0.15) is 0 Å². The number of anilines is 1. The fourth-order valence-corrected chi connectivity index (χ4v) is 2.44. The van der Waals surface area contributed by atoms with Crippen molar-refractivity contribution in [2.75, 3.05) is 25.1 Å². The topological polar surface area (TPSA) is 45.6 Å². The third-order valence-electron chi connectivity index (χ3n) is 3.31. The van der Waals surface area contributed by atoms with E-state index in [1.807, 2.05) is 31.2 Å². The number of methoxy groups -OCH3 is 1. The number of hydrogen-bond acceptors (Lipinski definition) is 4. The zero-order chi connectivity index (χ0) is 12.8. The van der Waals surface area contributed by atoms with Gasteiger partial charge >= 0.3 is 0 Å². The molecule has 0 unspecified atom stereocenters. The highest BCUT2D eigenvalue weighted by Crippen LogP contribution is 2.32. The molecule has 0 bridgehead atoms. The number of aromatic nitrogens is 1. The Morgan fingerprint density at radius 1 is 1.33 bits per heavy atom. The summed E-state index contributed by atoms with van der Waals surface area (Å²) in [4.78, 5) is 6.52. The highest BCUT2D eigenvalue weighted by atomic mass is 16.5. The highest BCUT2D eigenvalue weighted by molar-refractivity contribution is 5.93. The van der Waals surface area contributed by atoms with Crippen molar-refractivity contribution >= 4 is 16.6 Å². The molecular weight excluding hydrogens is 228 g/mol. The molecule has 0 spiro atoms. The van der Waals surface area contributed by atoms with Crippen molar-refractivity contribution in [2.45, 2.75) is 12.5 Å². The van der Waals surface area contributed by atoms with Gasteiger partial charge in [0.25, 0.3) is 0 Å². The number of benzene rings is 1.